The zero-order valence-electron chi connectivity index (χ0n) is 26.1. The highest BCUT2D eigenvalue weighted by molar-refractivity contribution is 6.74. The molecular weight excluding hydrogens is 488 g/mol. The number of rotatable bonds is 14. The van der Waals surface area contributed by atoms with E-state index in [-0.39, 0.29) is 46.9 Å². The molecule has 0 amide bonds. The van der Waals surface area contributed by atoms with Crippen LogP contribution in [0.15, 0.2) is 0 Å². The minimum Gasteiger partial charge on any atom is -0.469 e. The van der Waals surface area contributed by atoms with Crippen LogP contribution in [-0.4, -0.2) is 59.4 Å². The molecule has 0 saturated carbocycles. The molecule has 1 N–H and O–H groups in total. The van der Waals surface area contributed by atoms with E-state index in [1.165, 1.54) is 7.11 Å². The first-order valence-electron chi connectivity index (χ1n) is 13.5. The van der Waals surface area contributed by atoms with Gasteiger partial charge in [-0.3, -0.25) is 9.59 Å². The number of methoxy groups -OCH3 is 1. The maximum atomic E-state index is 14.2. The third-order valence-electron chi connectivity index (χ3n) is 8.78. The van der Waals surface area contributed by atoms with Crippen molar-refractivity contribution < 1.29 is 28.3 Å². The van der Waals surface area contributed by atoms with Crippen LogP contribution in [0.5, 0.6) is 0 Å². The SMILES string of the molecule is COC(=O)C[C@@H](O[Si](C)(C)C(C)(C)C)C(C)(C)C(=O)[C@H](C)[C@@H](O[Si](C)(C)C(C)(C)C)[C@@H](C)CCCO. The molecule has 0 aromatic heterocycles. The van der Waals surface area contributed by atoms with Gasteiger partial charge in [0.1, 0.15) is 5.78 Å². The van der Waals surface area contributed by atoms with Gasteiger partial charge in [0.2, 0.25) is 0 Å². The summed E-state index contributed by atoms with van der Waals surface area (Å²) >= 11 is 0. The number of hydrogen-bond acceptors (Lipinski definition) is 6. The number of aliphatic hydroxyl groups excluding tert-OH is 1. The van der Waals surface area contributed by atoms with Crippen molar-refractivity contribution in [1.29, 1.82) is 0 Å². The van der Waals surface area contributed by atoms with Crippen LogP contribution < -0.4 is 0 Å². The standard InChI is InChI=1S/C28H58O6Si2/c1-20(17-16-18-29)24(34-36(14,15)27(6,7)8)21(2)25(31)28(9,10)22(19-23(30)32-11)33-35(12,13)26(3,4)5/h20-22,24,29H,16-19H2,1-15H3/t20-,21+,22+,24-/m0/s1. The minimum absolute atomic E-state index is 0.000896. The number of Topliss-reactive ketones (excluding diaryl/α,β-unsaturated/α-hetero) is 1. The predicted octanol–water partition coefficient (Wildman–Crippen LogP) is 6.97. The maximum Gasteiger partial charge on any atom is 0.308 e. The third-order valence-corrected chi connectivity index (χ3v) is 17.7. The second kappa shape index (κ2) is 13.0. The Balaban J connectivity index is 6.37. The molecule has 0 aliphatic heterocycles. The van der Waals surface area contributed by atoms with Crippen LogP contribution in [0.1, 0.15) is 88.5 Å². The highest BCUT2D eigenvalue weighted by atomic mass is 28.4. The lowest BCUT2D eigenvalue weighted by Crippen LogP contribution is -2.54. The first-order chi connectivity index (χ1) is 16.0. The Bertz CT molecular complexity index is 719. The van der Waals surface area contributed by atoms with Gasteiger partial charge in [-0.25, -0.2) is 0 Å². The summed E-state index contributed by atoms with van der Waals surface area (Å²) in [5.74, 6) is -0.639. The summed E-state index contributed by atoms with van der Waals surface area (Å²) < 4.78 is 18.6. The van der Waals surface area contributed by atoms with E-state index >= 15 is 0 Å². The molecule has 0 aromatic carbocycles. The van der Waals surface area contributed by atoms with Gasteiger partial charge in [0.25, 0.3) is 0 Å². The van der Waals surface area contributed by atoms with Crippen LogP contribution >= 0.6 is 0 Å². The number of carbonyl (C=O) groups excluding carboxylic acids is 2. The second-order valence-corrected chi connectivity index (χ2v) is 23.7. The molecule has 0 aliphatic rings. The lowest BCUT2D eigenvalue weighted by atomic mass is 9.73. The number of esters is 1. The predicted molar refractivity (Wildman–Crippen MR) is 154 cm³/mol. The van der Waals surface area contributed by atoms with Crippen LogP contribution in [0.4, 0.5) is 0 Å². The average molecular weight is 547 g/mol. The summed E-state index contributed by atoms with van der Waals surface area (Å²) in [5.41, 5.74) is -0.922. The van der Waals surface area contributed by atoms with Gasteiger partial charge in [-0.15, -0.1) is 0 Å². The van der Waals surface area contributed by atoms with E-state index in [4.69, 9.17) is 13.6 Å². The van der Waals surface area contributed by atoms with Gasteiger partial charge < -0.3 is 18.7 Å². The Labute approximate surface area is 224 Å². The Morgan fingerprint density at radius 2 is 1.28 bits per heavy atom. The highest BCUT2D eigenvalue weighted by Crippen LogP contribution is 2.44. The van der Waals surface area contributed by atoms with Crippen LogP contribution in [-0.2, 0) is 23.2 Å². The van der Waals surface area contributed by atoms with Crippen LogP contribution in [0.25, 0.3) is 0 Å². The summed E-state index contributed by atoms with van der Waals surface area (Å²) in [5, 5.41) is 9.36. The van der Waals surface area contributed by atoms with Crippen molar-refractivity contribution in [3.05, 3.63) is 0 Å². The molecule has 214 valence electrons. The molecule has 0 rings (SSSR count). The molecule has 6 nitrogen and oxygen atoms in total. The molecule has 4 atom stereocenters. The van der Waals surface area contributed by atoms with Crippen molar-refractivity contribution in [3.8, 4) is 0 Å². The van der Waals surface area contributed by atoms with Crippen molar-refractivity contribution in [2.45, 2.75) is 137 Å². The van der Waals surface area contributed by atoms with Crippen molar-refractivity contribution >= 4 is 28.4 Å². The summed E-state index contributed by atoms with van der Waals surface area (Å²) in [7, 11) is -3.08. The quantitative estimate of drug-likeness (QED) is 0.187. The van der Waals surface area contributed by atoms with E-state index < -0.39 is 34.1 Å². The first kappa shape index (κ1) is 35.5. The average Bonchev–Trinajstić information content (AvgIpc) is 2.72. The van der Waals surface area contributed by atoms with Crippen LogP contribution in [0, 0.1) is 17.3 Å². The van der Waals surface area contributed by atoms with E-state index in [2.05, 4.69) is 74.7 Å². The summed E-state index contributed by atoms with van der Waals surface area (Å²) in [4.78, 5) is 26.7. The van der Waals surface area contributed by atoms with Gasteiger partial charge in [0, 0.05) is 17.9 Å². The van der Waals surface area contributed by atoms with Gasteiger partial charge in [0.15, 0.2) is 16.6 Å². The number of ether oxygens (including phenoxy) is 1. The number of carbonyl (C=O) groups is 2. The molecule has 0 fully saturated rings. The minimum atomic E-state index is -2.28. The number of aliphatic hydroxyl groups is 1. The number of hydrogen-bond donors (Lipinski definition) is 1. The molecule has 8 heteroatoms. The molecule has 0 radical (unpaired) electrons. The zero-order valence-corrected chi connectivity index (χ0v) is 28.1. The largest absolute Gasteiger partial charge is 0.469 e. The zero-order chi connectivity index (χ0) is 28.9. The van der Waals surface area contributed by atoms with Crippen molar-refractivity contribution in [2.24, 2.45) is 17.3 Å². The van der Waals surface area contributed by atoms with Crippen molar-refractivity contribution in [3.63, 3.8) is 0 Å². The van der Waals surface area contributed by atoms with Gasteiger partial charge in [0.05, 0.1) is 25.7 Å². The van der Waals surface area contributed by atoms with Crippen molar-refractivity contribution in [2.75, 3.05) is 13.7 Å². The fourth-order valence-electron chi connectivity index (χ4n) is 3.91. The Morgan fingerprint density at radius 1 is 0.833 bits per heavy atom. The molecule has 0 bridgehead atoms. The second-order valence-electron chi connectivity index (χ2n) is 14.2. The molecule has 0 unspecified atom stereocenters. The van der Waals surface area contributed by atoms with E-state index in [9.17, 15) is 14.7 Å². The van der Waals surface area contributed by atoms with Crippen LogP contribution in [0.3, 0.4) is 0 Å². The topological polar surface area (TPSA) is 82.1 Å². The smallest absolute Gasteiger partial charge is 0.308 e. The Hall–Kier alpha value is -0.546. The molecule has 0 aliphatic carbocycles. The van der Waals surface area contributed by atoms with E-state index in [0.29, 0.717) is 6.42 Å². The molecule has 0 aromatic rings. The normalized spacial score (nSPS) is 17.3. The van der Waals surface area contributed by atoms with Gasteiger partial charge in [-0.05, 0) is 55.0 Å². The van der Waals surface area contributed by atoms with Gasteiger partial charge in [-0.2, -0.15) is 0 Å². The molecule has 0 saturated heterocycles. The van der Waals surface area contributed by atoms with E-state index in [1.807, 2.05) is 20.8 Å². The Kier molecular flexibility index (Phi) is 12.8. The summed E-state index contributed by atoms with van der Waals surface area (Å²) in [6.45, 7) is 29.7. The lowest BCUT2D eigenvalue weighted by molar-refractivity contribution is -0.148. The van der Waals surface area contributed by atoms with E-state index in [0.717, 1.165) is 6.42 Å². The Morgan fingerprint density at radius 3 is 1.67 bits per heavy atom. The monoisotopic (exact) mass is 546 g/mol. The molecule has 0 spiro atoms. The fraction of sp³-hybridized carbons (Fsp3) is 0.929. The maximum absolute atomic E-state index is 14.2. The molecule has 0 heterocycles. The van der Waals surface area contributed by atoms with E-state index in [1.54, 1.807) is 0 Å². The van der Waals surface area contributed by atoms with Crippen molar-refractivity contribution in [1.82, 2.24) is 0 Å². The highest BCUT2D eigenvalue weighted by Gasteiger charge is 2.49. The molecular formula is C28H58O6Si2. The third kappa shape index (κ3) is 9.33. The lowest BCUT2D eigenvalue weighted by Gasteiger charge is -2.46. The van der Waals surface area contributed by atoms with Crippen LogP contribution in [0.2, 0.25) is 36.3 Å². The number of ketones is 1. The van der Waals surface area contributed by atoms with Gasteiger partial charge in [-0.1, -0.05) is 69.2 Å². The fourth-order valence-corrected chi connectivity index (χ4v) is 6.82. The molecule has 36 heavy (non-hydrogen) atoms. The summed E-state index contributed by atoms with van der Waals surface area (Å²) in [6, 6.07) is 0. The summed E-state index contributed by atoms with van der Waals surface area (Å²) in [6.07, 6.45) is 0.600. The first-order valence-corrected chi connectivity index (χ1v) is 19.4. The van der Waals surface area contributed by atoms with Gasteiger partial charge >= 0.3 is 5.97 Å².